The zero-order valence-electron chi connectivity index (χ0n) is 19.2. The van der Waals surface area contributed by atoms with Gasteiger partial charge in [0.25, 0.3) is 0 Å². The molecule has 0 aromatic heterocycles. The number of ether oxygens (including phenoxy) is 4. The molecule has 2 aliphatic rings. The Labute approximate surface area is 197 Å². The Kier molecular flexibility index (Phi) is 6.88. The molecule has 0 saturated carbocycles. The molecule has 4 rings (SSSR count). The van der Waals surface area contributed by atoms with Crippen molar-refractivity contribution in [2.75, 3.05) is 52.2 Å². The van der Waals surface area contributed by atoms with Gasteiger partial charge in [-0.05, 0) is 30.3 Å². The van der Waals surface area contributed by atoms with E-state index in [4.69, 9.17) is 18.9 Å². The number of carbonyl (C=O) groups is 2. The van der Waals surface area contributed by atoms with Crippen LogP contribution in [0, 0.1) is 5.92 Å². The molecule has 0 radical (unpaired) electrons. The molecule has 0 aliphatic carbocycles. The van der Waals surface area contributed by atoms with Gasteiger partial charge in [-0.3, -0.25) is 9.59 Å². The third kappa shape index (κ3) is 4.42. The van der Waals surface area contributed by atoms with Crippen LogP contribution in [0.3, 0.4) is 0 Å². The van der Waals surface area contributed by atoms with E-state index in [1.165, 1.54) is 0 Å². The monoisotopic (exact) mass is 472 g/mol. The lowest BCUT2D eigenvalue weighted by atomic mass is 10.1. The maximum atomic E-state index is 13.5. The van der Waals surface area contributed by atoms with Crippen molar-refractivity contribution < 1.29 is 28.5 Å². The van der Waals surface area contributed by atoms with Gasteiger partial charge in [0.2, 0.25) is 11.8 Å². The van der Waals surface area contributed by atoms with Gasteiger partial charge in [0, 0.05) is 42.6 Å². The first-order valence-corrected chi connectivity index (χ1v) is 11.7. The summed E-state index contributed by atoms with van der Waals surface area (Å²) in [5.41, 5.74) is 1.62. The quantitative estimate of drug-likeness (QED) is 0.612. The molecule has 2 heterocycles. The van der Waals surface area contributed by atoms with E-state index in [0.717, 1.165) is 22.8 Å². The van der Waals surface area contributed by atoms with E-state index in [9.17, 15) is 9.59 Å². The number of carbonyl (C=O) groups excluding carboxylic acids is 2. The minimum atomic E-state index is -0.396. The number of amides is 2. The normalized spacial score (nSPS) is 20.2. The zero-order chi connectivity index (χ0) is 23.5. The van der Waals surface area contributed by atoms with Crippen molar-refractivity contribution in [2.45, 2.75) is 11.8 Å². The highest BCUT2D eigenvalue weighted by Gasteiger charge is 2.41. The van der Waals surface area contributed by atoms with Gasteiger partial charge in [0.1, 0.15) is 16.9 Å². The average molecular weight is 473 g/mol. The lowest BCUT2D eigenvalue weighted by molar-refractivity contribution is -0.136. The van der Waals surface area contributed by atoms with Crippen LogP contribution in [-0.2, 0) is 9.59 Å². The number of benzene rings is 2. The number of rotatable bonds is 7. The van der Waals surface area contributed by atoms with Crippen LogP contribution in [0.2, 0.25) is 0 Å². The van der Waals surface area contributed by atoms with Crippen LogP contribution in [0.25, 0.3) is 0 Å². The van der Waals surface area contributed by atoms with E-state index in [2.05, 4.69) is 0 Å². The summed E-state index contributed by atoms with van der Waals surface area (Å²) in [5, 5.41) is -0.225. The zero-order valence-corrected chi connectivity index (χ0v) is 20.0. The number of hydrogen-bond donors (Lipinski definition) is 0. The van der Waals surface area contributed by atoms with Crippen molar-refractivity contribution in [1.82, 2.24) is 4.90 Å². The predicted octanol–water partition coefficient (Wildman–Crippen LogP) is 3.35. The Hall–Kier alpha value is -3.07. The highest BCUT2D eigenvalue weighted by molar-refractivity contribution is 7.99. The van der Waals surface area contributed by atoms with Crippen LogP contribution >= 0.6 is 11.8 Å². The van der Waals surface area contributed by atoms with Gasteiger partial charge in [-0.15, -0.1) is 11.8 Å². The molecule has 2 atom stereocenters. The minimum Gasteiger partial charge on any atom is -0.497 e. The molecular weight excluding hydrogens is 444 g/mol. The van der Waals surface area contributed by atoms with E-state index < -0.39 is 5.92 Å². The molecule has 2 amide bonds. The maximum Gasteiger partial charge on any atom is 0.229 e. The summed E-state index contributed by atoms with van der Waals surface area (Å²) >= 11 is 1.67. The number of methoxy groups -OCH3 is 4. The summed E-state index contributed by atoms with van der Waals surface area (Å²) in [7, 11) is 6.35. The topological polar surface area (TPSA) is 77.5 Å². The second-order valence-electron chi connectivity index (χ2n) is 7.81. The molecular formula is C24H28N2O6S. The van der Waals surface area contributed by atoms with Gasteiger partial charge in [-0.1, -0.05) is 0 Å². The van der Waals surface area contributed by atoms with Crippen LogP contribution in [0.4, 0.5) is 5.69 Å². The molecule has 0 bridgehead atoms. The standard InChI is InChI=1S/C24H28N2O6S/c1-29-17-7-5-16(6-8-17)26-14-15(11-22(26)27)23(28)25-9-10-33-24(25)18-12-20(31-3)21(32-4)13-19(18)30-2/h5-8,12-13,15,24H,9-11,14H2,1-4H3. The average Bonchev–Trinajstić information content (AvgIpc) is 3.49. The van der Waals surface area contributed by atoms with Crippen molar-refractivity contribution in [3.8, 4) is 23.0 Å². The maximum absolute atomic E-state index is 13.5. The van der Waals surface area contributed by atoms with Gasteiger partial charge < -0.3 is 28.7 Å². The van der Waals surface area contributed by atoms with E-state index in [1.807, 2.05) is 35.2 Å². The van der Waals surface area contributed by atoms with Gasteiger partial charge >= 0.3 is 0 Å². The molecule has 33 heavy (non-hydrogen) atoms. The van der Waals surface area contributed by atoms with E-state index in [-0.39, 0.29) is 23.6 Å². The first kappa shape index (κ1) is 23.1. The molecule has 2 aliphatic heterocycles. The second kappa shape index (κ2) is 9.82. The predicted molar refractivity (Wildman–Crippen MR) is 126 cm³/mol. The Bertz CT molecular complexity index is 1030. The molecule has 0 N–H and O–H groups in total. The lowest BCUT2D eigenvalue weighted by Crippen LogP contribution is -2.37. The first-order chi connectivity index (χ1) is 16.0. The summed E-state index contributed by atoms with van der Waals surface area (Å²) in [6.45, 7) is 0.972. The van der Waals surface area contributed by atoms with Crippen molar-refractivity contribution in [2.24, 2.45) is 5.92 Å². The molecule has 8 nitrogen and oxygen atoms in total. The molecule has 2 aromatic carbocycles. The van der Waals surface area contributed by atoms with Crippen LogP contribution < -0.4 is 23.8 Å². The Morgan fingerprint density at radius 2 is 1.61 bits per heavy atom. The molecule has 0 spiro atoms. The SMILES string of the molecule is COc1ccc(N2CC(C(=O)N3CCSC3c3cc(OC)c(OC)cc3OC)CC2=O)cc1. The molecule has 176 valence electrons. The van der Waals surface area contributed by atoms with Gasteiger partial charge in [0.05, 0.1) is 34.4 Å². The summed E-state index contributed by atoms with van der Waals surface area (Å²) in [6.07, 6.45) is 0.196. The summed E-state index contributed by atoms with van der Waals surface area (Å²) < 4.78 is 21.7. The minimum absolute atomic E-state index is 0.0220. The molecule has 2 fully saturated rings. The number of nitrogens with zero attached hydrogens (tertiary/aromatic N) is 2. The summed E-state index contributed by atoms with van der Waals surface area (Å²) in [6, 6.07) is 11.0. The third-order valence-electron chi connectivity index (χ3n) is 6.03. The fraction of sp³-hybridized carbons (Fsp3) is 0.417. The van der Waals surface area contributed by atoms with Gasteiger partial charge in [0.15, 0.2) is 11.5 Å². The second-order valence-corrected chi connectivity index (χ2v) is 9.00. The molecule has 9 heteroatoms. The largest absolute Gasteiger partial charge is 0.497 e. The number of anilines is 1. The van der Waals surface area contributed by atoms with Crippen LogP contribution in [0.5, 0.6) is 23.0 Å². The smallest absolute Gasteiger partial charge is 0.229 e. The number of thioether (sulfide) groups is 1. The van der Waals surface area contributed by atoms with Gasteiger partial charge in [-0.25, -0.2) is 0 Å². The van der Waals surface area contributed by atoms with Crippen LogP contribution in [0.1, 0.15) is 17.4 Å². The molecule has 2 saturated heterocycles. The van der Waals surface area contributed by atoms with E-state index in [1.54, 1.807) is 51.2 Å². The van der Waals surface area contributed by atoms with Crippen molar-refractivity contribution >= 4 is 29.3 Å². The van der Waals surface area contributed by atoms with E-state index in [0.29, 0.717) is 30.3 Å². The summed E-state index contributed by atoms with van der Waals surface area (Å²) in [4.78, 5) is 29.8. The van der Waals surface area contributed by atoms with Crippen LogP contribution in [-0.4, -0.2) is 64.0 Å². The highest BCUT2D eigenvalue weighted by atomic mass is 32.2. The first-order valence-electron chi connectivity index (χ1n) is 10.7. The van der Waals surface area contributed by atoms with Crippen LogP contribution in [0.15, 0.2) is 36.4 Å². The summed E-state index contributed by atoms with van der Waals surface area (Å²) in [5.74, 6) is 2.83. The van der Waals surface area contributed by atoms with Crippen molar-refractivity contribution in [3.63, 3.8) is 0 Å². The fourth-order valence-corrected chi connectivity index (χ4v) is 5.60. The lowest BCUT2D eigenvalue weighted by Gasteiger charge is -2.28. The van der Waals surface area contributed by atoms with Crippen molar-refractivity contribution in [1.29, 1.82) is 0 Å². The van der Waals surface area contributed by atoms with Gasteiger partial charge in [-0.2, -0.15) is 0 Å². The van der Waals surface area contributed by atoms with E-state index >= 15 is 0 Å². The molecule has 2 aromatic rings. The Morgan fingerprint density at radius 3 is 2.24 bits per heavy atom. The van der Waals surface area contributed by atoms with Crippen molar-refractivity contribution in [3.05, 3.63) is 42.0 Å². The highest BCUT2D eigenvalue weighted by Crippen LogP contribution is 2.46. The Morgan fingerprint density at radius 1 is 0.939 bits per heavy atom. The molecule has 2 unspecified atom stereocenters. The number of hydrogen-bond acceptors (Lipinski definition) is 7. The third-order valence-corrected chi connectivity index (χ3v) is 7.28. The fourth-order valence-electron chi connectivity index (χ4n) is 4.32. The Balaban J connectivity index is 1.55.